The van der Waals surface area contributed by atoms with E-state index in [2.05, 4.69) is 25.8 Å². The molecule has 0 unspecified atom stereocenters. The molecule has 0 radical (unpaired) electrons. The Morgan fingerprint density at radius 2 is 1.70 bits per heavy atom. The van der Waals surface area contributed by atoms with Crippen LogP contribution in [0.15, 0.2) is 70.2 Å². The van der Waals surface area contributed by atoms with E-state index in [0.717, 1.165) is 22.5 Å². The van der Waals surface area contributed by atoms with Crippen LogP contribution < -0.4 is 10.6 Å². The van der Waals surface area contributed by atoms with Crippen molar-refractivity contribution in [1.82, 2.24) is 19.7 Å². The van der Waals surface area contributed by atoms with Crippen LogP contribution in [0.1, 0.15) is 5.56 Å². The number of nitrogens with zero attached hydrogens (tertiary/aromatic N) is 4. The number of hydrogen-bond acceptors (Lipinski definition) is 8. The molecule has 0 aliphatic heterocycles. The van der Waals surface area contributed by atoms with Gasteiger partial charge < -0.3 is 15.2 Å². The van der Waals surface area contributed by atoms with Crippen molar-refractivity contribution in [3.63, 3.8) is 0 Å². The van der Waals surface area contributed by atoms with Crippen molar-refractivity contribution >= 4 is 91.5 Å². The molecule has 5 aromatic rings. The molecule has 43 heavy (non-hydrogen) atoms. The van der Waals surface area contributed by atoms with Gasteiger partial charge in [-0.25, -0.2) is 4.98 Å². The Morgan fingerprint density at radius 3 is 2.47 bits per heavy atom. The number of rotatable bonds is 9. The first kappa shape index (κ1) is 31.1. The van der Waals surface area contributed by atoms with Gasteiger partial charge in [-0.15, -0.1) is 21.5 Å². The average molecular weight is 684 g/mol. The fraction of sp³-hybridized carbons (Fsp3) is 0.148. The van der Waals surface area contributed by atoms with Gasteiger partial charge in [0.25, 0.3) is 0 Å². The van der Waals surface area contributed by atoms with Gasteiger partial charge in [-0.2, -0.15) is 13.2 Å². The Labute approximate surface area is 265 Å². The van der Waals surface area contributed by atoms with Gasteiger partial charge in [-0.05, 0) is 48.5 Å². The summed E-state index contributed by atoms with van der Waals surface area (Å²) < 4.78 is 42.7. The predicted octanol–water partition coefficient (Wildman–Crippen LogP) is 7.88. The van der Waals surface area contributed by atoms with Crippen LogP contribution in [0.25, 0.3) is 21.6 Å². The summed E-state index contributed by atoms with van der Waals surface area (Å²) in [5, 5.41) is 15.0. The summed E-state index contributed by atoms with van der Waals surface area (Å²) in [6.45, 7) is 0. The SMILES string of the molecule is Cn1c(SCC(=O)Nc2ccc3nc(SCC(=O)Nc4ccccc4C(F)(F)F)sc3c2)nnc1-c1ccc(Cl)cc1Cl. The highest BCUT2D eigenvalue weighted by Gasteiger charge is 2.33. The van der Waals surface area contributed by atoms with Gasteiger partial charge in [0.15, 0.2) is 15.3 Å². The molecule has 2 aromatic heterocycles. The van der Waals surface area contributed by atoms with Gasteiger partial charge in [0.1, 0.15) is 0 Å². The minimum Gasteiger partial charge on any atom is -0.325 e. The summed E-state index contributed by atoms with van der Waals surface area (Å²) in [4.78, 5) is 29.5. The number of fused-ring (bicyclic) bond motifs is 1. The standard InChI is InChI=1S/C27H19Cl2F3N6O2S3/c1-38-24(16-8-6-14(28)10-18(16)29)36-37-25(38)41-12-22(39)33-15-7-9-20-21(11-15)43-26(35-20)42-13-23(40)34-19-5-3-2-4-17(19)27(30,31)32/h2-11H,12-13H2,1H3,(H,33,39)(H,34,40). The molecule has 0 saturated carbocycles. The Bertz CT molecular complexity index is 1830. The van der Waals surface area contributed by atoms with Gasteiger partial charge in [0, 0.05) is 23.3 Å². The number of thioether (sulfide) groups is 2. The molecule has 0 atom stereocenters. The molecule has 2 amide bonds. The molecule has 0 bridgehead atoms. The number of carbonyl (C=O) groups excluding carboxylic acids is 2. The highest BCUT2D eigenvalue weighted by Crippen LogP contribution is 2.36. The number of carbonyl (C=O) groups is 2. The number of alkyl halides is 3. The zero-order valence-electron chi connectivity index (χ0n) is 21.9. The highest BCUT2D eigenvalue weighted by molar-refractivity contribution is 8.01. The first-order valence-electron chi connectivity index (χ1n) is 12.2. The largest absolute Gasteiger partial charge is 0.418 e. The van der Waals surface area contributed by atoms with Crippen molar-refractivity contribution in [2.45, 2.75) is 15.7 Å². The van der Waals surface area contributed by atoms with E-state index in [9.17, 15) is 22.8 Å². The molecule has 2 N–H and O–H groups in total. The maximum absolute atomic E-state index is 13.2. The van der Waals surface area contributed by atoms with Crippen molar-refractivity contribution < 1.29 is 22.8 Å². The normalized spacial score (nSPS) is 11.6. The summed E-state index contributed by atoms with van der Waals surface area (Å²) in [6, 6.07) is 15.1. The molecular formula is C27H19Cl2F3N6O2S3. The topological polar surface area (TPSA) is 102 Å². The fourth-order valence-corrected chi connectivity index (χ4v) is 6.98. The highest BCUT2D eigenvalue weighted by atomic mass is 35.5. The van der Waals surface area contributed by atoms with Gasteiger partial charge in [0.2, 0.25) is 11.8 Å². The Morgan fingerprint density at radius 1 is 0.953 bits per heavy atom. The van der Waals surface area contributed by atoms with Crippen molar-refractivity contribution in [2.24, 2.45) is 7.05 Å². The number of nitrogens with one attached hydrogen (secondary N) is 2. The minimum atomic E-state index is -4.58. The summed E-state index contributed by atoms with van der Waals surface area (Å²) in [5.74, 6) is -0.348. The zero-order valence-corrected chi connectivity index (χ0v) is 25.9. The molecule has 0 fully saturated rings. The molecule has 0 saturated heterocycles. The van der Waals surface area contributed by atoms with E-state index in [1.807, 2.05) is 0 Å². The monoisotopic (exact) mass is 682 g/mol. The van der Waals surface area contributed by atoms with E-state index in [-0.39, 0.29) is 23.1 Å². The molecule has 8 nitrogen and oxygen atoms in total. The van der Waals surface area contributed by atoms with Crippen LogP contribution in [0.4, 0.5) is 24.5 Å². The molecule has 0 aliphatic rings. The third-order valence-electron chi connectivity index (χ3n) is 5.83. The van der Waals surface area contributed by atoms with E-state index < -0.39 is 17.6 Å². The van der Waals surface area contributed by atoms with Crippen molar-refractivity contribution in [3.8, 4) is 11.4 Å². The third-order valence-corrected chi connectivity index (χ3v) is 9.55. The van der Waals surface area contributed by atoms with Crippen LogP contribution in [-0.4, -0.2) is 43.1 Å². The van der Waals surface area contributed by atoms with Gasteiger partial charge in [0.05, 0.1) is 38.0 Å². The first-order chi connectivity index (χ1) is 20.5. The lowest BCUT2D eigenvalue weighted by atomic mass is 10.1. The van der Waals surface area contributed by atoms with Crippen LogP contribution in [0.5, 0.6) is 0 Å². The summed E-state index contributed by atoms with van der Waals surface area (Å²) in [6.07, 6.45) is -4.58. The predicted molar refractivity (Wildman–Crippen MR) is 166 cm³/mol. The lowest BCUT2D eigenvalue weighted by molar-refractivity contribution is -0.137. The van der Waals surface area contributed by atoms with Crippen LogP contribution in [0.3, 0.4) is 0 Å². The van der Waals surface area contributed by atoms with Crippen LogP contribution in [0.2, 0.25) is 10.0 Å². The Kier molecular flexibility index (Phi) is 9.51. The van der Waals surface area contributed by atoms with Crippen molar-refractivity contribution in [2.75, 3.05) is 22.1 Å². The first-order valence-corrected chi connectivity index (χ1v) is 15.8. The van der Waals surface area contributed by atoms with Crippen LogP contribution >= 0.6 is 58.1 Å². The second-order valence-electron chi connectivity index (χ2n) is 8.87. The fourth-order valence-electron chi connectivity index (χ4n) is 3.87. The number of thiazole rings is 1. The molecule has 2 heterocycles. The maximum atomic E-state index is 13.2. The van der Waals surface area contributed by atoms with Gasteiger partial charge >= 0.3 is 6.18 Å². The smallest absolute Gasteiger partial charge is 0.325 e. The van der Waals surface area contributed by atoms with Gasteiger partial charge in [-0.3, -0.25) is 9.59 Å². The molecule has 5 rings (SSSR count). The van der Waals surface area contributed by atoms with E-state index >= 15 is 0 Å². The van der Waals surface area contributed by atoms with E-state index in [4.69, 9.17) is 23.2 Å². The second-order valence-corrected chi connectivity index (χ2v) is 12.9. The molecule has 222 valence electrons. The maximum Gasteiger partial charge on any atom is 0.418 e. The average Bonchev–Trinajstić information content (AvgIpc) is 3.53. The number of halogens is 5. The van der Waals surface area contributed by atoms with Crippen LogP contribution in [-0.2, 0) is 22.8 Å². The third kappa shape index (κ3) is 7.62. The zero-order chi connectivity index (χ0) is 30.7. The number of para-hydroxylation sites is 1. The Balaban J connectivity index is 1.16. The van der Waals surface area contributed by atoms with E-state index in [1.54, 1.807) is 48.0 Å². The van der Waals surface area contributed by atoms with Gasteiger partial charge in [-0.1, -0.05) is 58.9 Å². The molecular weight excluding hydrogens is 664 g/mol. The summed E-state index contributed by atoms with van der Waals surface area (Å²) in [7, 11) is 1.78. The summed E-state index contributed by atoms with van der Waals surface area (Å²) >= 11 is 15.9. The van der Waals surface area contributed by atoms with Crippen molar-refractivity contribution in [3.05, 3.63) is 76.3 Å². The Hall–Kier alpha value is -3.30. The van der Waals surface area contributed by atoms with E-state index in [0.29, 0.717) is 42.1 Å². The minimum absolute atomic E-state index is 0.0781. The van der Waals surface area contributed by atoms with Crippen LogP contribution in [0, 0.1) is 0 Å². The molecule has 0 aliphatic carbocycles. The molecule has 16 heteroatoms. The lowest BCUT2D eigenvalue weighted by Crippen LogP contribution is -2.18. The van der Waals surface area contributed by atoms with E-state index in [1.165, 1.54) is 41.3 Å². The number of aromatic nitrogens is 4. The molecule has 0 spiro atoms. The lowest BCUT2D eigenvalue weighted by Gasteiger charge is -2.13. The second kappa shape index (κ2) is 13.1. The van der Waals surface area contributed by atoms with Crippen molar-refractivity contribution in [1.29, 1.82) is 0 Å². The molecule has 3 aromatic carbocycles. The summed E-state index contributed by atoms with van der Waals surface area (Å²) in [5.41, 5.74) is 0.682. The number of hydrogen-bond donors (Lipinski definition) is 2. The quantitative estimate of drug-likeness (QED) is 0.153. The number of anilines is 2. The number of benzene rings is 3. The number of amides is 2.